The van der Waals surface area contributed by atoms with Crippen molar-refractivity contribution in [2.24, 2.45) is 4.99 Å². The Morgan fingerprint density at radius 1 is 1.38 bits per heavy atom. The Bertz CT molecular complexity index is 698. The Kier molecular flexibility index (Phi) is 5.69. The number of fused-ring (bicyclic) bond motifs is 1. The number of ether oxygens (including phenoxy) is 1. The van der Waals surface area contributed by atoms with Gasteiger partial charge in [-0.1, -0.05) is 18.2 Å². The molecule has 1 aliphatic rings. The summed E-state index contributed by atoms with van der Waals surface area (Å²) >= 11 is 1.69. The van der Waals surface area contributed by atoms with Crippen molar-refractivity contribution in [3.63, 3.8) is 0 Å². The van der Waals surface area contributed by atoms with Gasteiger partial charge in [0.25, 0.3) is 0 Å². The monoisotopic (exact) mass is 344 g/mol. The van der Waals surface area contributed by atoms with Crippen molar-refractivity contribution < 1.29 is 4.74 Å². The number of rotatable bonds is 5. The maximum atomic E-state index is 5.74. The molecule has 0 spiro atoms. The lowest BCUT2D eigenvalue weighted by atomic mass is 9.93. The van der Waals surface area contributed by atoms with Gasteiger partial charge >= 0.3 is 0 Å². The van der Waals surface area contributed by atoms with Gasteiger partial charge in [-0.05, 0) is 31.9 Å². The molecule has 2 N–H and O–H groups in total. The number of hydrogen-bond donors (Lipinski definition) is 2. The zero-order chi connectivity index (χ0) is 16.8. The molecule has 3 rings (SSSR count). The highest BCUT2D eigenvalue weighted by atomic mass is 32.1. The second kappa shape index (κ2) is 8.15. The van der Waals surface area contributed by atoms with Crippen molar-refractivity contribution in [2.45, 2.75) is 32.7 Å². The summed E-state index contributed by atoms with van der Waals surface area (Å²) in [5, 5.41) is 7.82. The smallest absolute Gasteiger partial charge is 0.191 e. The largest absolute Gasteiger partial charge is 0.493 e. The quantitative estimate of drug-likeness (QED) is 0.646. The first-order chi connectivity index (χ1) is 11.8. The topological polar surface area (TPSA) is 58.5 Å². The van der Waals surface area contributed by atoms with E-state index in [-0.39, 0.29) is 0 Å². The van der Waals surface area contributed by atoms with E-state index in [1.165, 1.54) is 10.4 Å². The molecule has 0 saturated heterocycles. The van der Waals surface area contributed by atoms with E-state index < -0.39 is 0 Å². The Morgan fingerprint density at radius 2 is 2.25 bits per heavy atom. The number of hydrogen-bond acceptors (Lipinski definition) is 4. The lowest BCUT2D eigenvalue weighted by Gasteiger charge is -2.26. The van der Waals surface area contributed by atoms with Gasteiger partial charge in [0.2, 0.25) is 0 Å². The van der Waals surface area contributed by atoms with E-state index in [1.807, 2.05) is 18.3 Å². The van der Waals surface area contributed by atoms with Gasteiger partial charge in [-0.15, -0.1) is 11.3 Å². The zero-order valence-corrected chi connectivity index (χ0v) is 15.0. The normalized spacial score (nSPS) is 17.1. The summed E-state index contributed by atoms with van der Waals surface area (Å²) in [6.07, 6.45) is 2.92. The van der Waals surface area contributed by atoms with Crippen molar-refractivity contribution in [1.82, 2.24) is 15.6 Å². The van der Waals surface area contributed by atoms with E-state index in [9.17, 15) is 0 Å². The van der Waals surface area contributed by atoms with Gasteiger partial charge in [0.05, 0.1) is 13.2 Å². The fraction of sp³-hybridized carbons (Fsp3) is 0.444. The SMILES string of the molecule is CCNC(=NCc1ncc(C)s1)NCC1CCOc2ccccc21. The average Bonchev–Trinajstić information content (AvgIpc) is 3.03. The molecular formula is C18H24N4OS. The number of thiazole rings is 1. The van der Waals surface area contributed by atoms with E-state index in [0.717, 1.165) is 42.8 Å². The van der Waals surface area contributed by atoms with E-state index >= 15 is 0 Å². The standard InChI is InChI=1S/C18H24N4OS/c1-3-19-18(22-12-17-20-10-13(2)24-17)21-11-14-8-9-23-16-7-5-4-6-15(14)16/h4-7,10,14H,3,8-9,11-12H2,1-2H3,(H2,19,21,22). The number of nitrogens with zero attached hydrogens (tertiary/aromatic N) is 2. The molecule has 2 heterocycles. The van der Waals surface area contributed by atoms with Gasteiger partial charge in [0, 0.05) is 30.1 Å². The molecule has 1 aromatic heterocycles. The van der Waals surface area contributed by atoms with Crippen LogP contribution >= 0.6 is 11.3 Å². The van der Waals surface area contributed by atoms with Crippen LogP contribution in [-0.2, 0) is 6.54 Å². The molecule has 0 fully saturated rings. The van der Waals surface area contributed by atoms with Crippen LogP contribution in [-0.4, -0.2) is 30.6 Å². The summed E-state index contributed by atoms with van der Waals surface area (Å²) in [5.74, 6) is 2.30. The molecule has 2 aromatic rings. The molecule has 0 saturated carbocycles. The predicted octanol–water partition coefficient (Wildman–Crippen LogP) is 3.07. The Hall–Kier alpha value is -2.08. The van der Waals surface area contributed by atoms with E-state index in [1.54, 1.807) is 11.3 Å². The van der Waals surface area contributed by atoms with Crippen LogP contribution < -0.4 is 15.4 Å². The molecule has 1 atom stereocenters. The van der Waals surface area contributed by atoms with Gasteiger partial charge in [-0.3, -0.25) is 0 Å². The van der Waals surface area contributed by atoms with Gasteiger partial charge in [-0.2, -0.15) is 0 Å². The molecule has 0 bridgehead atoms. The number of guanidine groups is 1. The molecule has 1 aromatic carbocycles. The Balaban J connectivity index is 1.62. The third-order valence-corrected chi connectivity index (χ3v) is 4.88. The van der Waals surface area contributed by atoms with Crippen molar-refractivity contribution in [2.75, 3.05) is 19.7 Å². The molecular weight excluding hydrogens is 320 g/mol. The first-order valence-electron chi connectivity index (χ1n) is 8.41. The summed E-state index contributed by atoms with van der Waals surface area (Å²) in [6, 6.07) is 8.30. The van der Waals surface area contributed by atoms with Crippen LogP contribution in [0.15, 0.2) is 35.5 Å². The van der Waals surface area contributed by atoms with Gasteiger partial charge < -0.3 is 15.4 Å². The van der Waals surface area contributed by atoms with Crippen LogP contribution in [0.3, 0.4) is 0 Å². The highest BCUT2D eigenvalue weighted by molar-refractivity contribution is 7.11. The minimum absolute atomic E-state index is 0.445. The number of aryl methyl sites for hydroxylation is 1. The summed E-state index contributed by atoms with van der Waals surface area (Å²) in [7, 11) is 0. The fourth-order valence-corrected chi connectivity index (χ4v) is 3.52. The summed E-state index contributed by atoms with van der Waals surface area (Å²) in [6.45, 7) is 7.22. The van der Waals surface area contributed by atoms with E-state index in [2.05, 4.69) is 46.6 Å². The van der Waals surface area contributed by atoms with Crippen molar-refractivity contribution in [1.29, 1.82) is 0 Å². The van der Waals surface area contributed by atoms with Crippen LogP contribution in [0.1, 0.15) is 34.7 Å². The number of nitrogens with one attached hydrogen (secondary N) is 2. The van der Waals surface area contributed by atoms with Crippen LogP contribution in [0.2, 0.25) is 0 Å². The maximum Gasteiger partial charge on any atom is 0.191 e. The van der Waals surface area contributed by atoms with Crippen LogP contribution in [0.25, 0.3) is 0 Å². The lowest BCUT2D eigenvalue weighted by Crippen LogP contribution is -2.40. The van der Waals surface area contributed by atoms with Crippen molar-refractivity contribution >= 4 is 17.3 Å². The molecule has 6 heteroatoms. The highest BCUT2D eigenvalue weighted by Gasteiger charge is 2.21. The summed E-state index contributed by atoms with van der Waals surface area (Å²) in [4.78, 5) is 10.2. The van der Waals surface area contributed by atoms with Crippen molar-refractivity contribution in [3.05, 3.63) is 45.9 Å². The van der Waals surface area contributed by atoms with Crippen LogP contribution in [0.4, 0.5) is 0 Å². The molecule has 1 unspecified atom stereocenters. The second-order valence-corrected chi connectivity index (χ2v) is 7.13. The summed E-state index contributed by atoms with van der Waals surface area (Å²) < 4.78 is 5.74. The molecule has 5 nitrogen and oxygen atoms in total. The highest BCUT2D eigenvalue weighted by Crippen LogP contribution is 2.32. The van der Waals surface area contributed by atoms with Crippen LogP contribution in [0.5, 0.6) is 5.75 Å². The third kappa shape index (κ3) is 4.26. The first kappa shape index (κ1) is 16.8. The first-order valence-corrected chi connectivity index (χ1v) is 9.23. The minimum atomic E-state index is 0.445. The van der Waals surface area contributed by atoms with E-state index in [0.29, 0.717) is 12.5 Å². The molecule has 0 aliphatic carbocycles. The van der Waals surface area contributed by atoms with Gasteiger partial charge in [0.15, 0.2) is 5.96 Å². The van der Waals surface area contributed by atoms with E-state index in [4.69, 9.17) is 4.74 Å². The minimum Gasteiger partial charge on any atom is -0.493 e. The fourth-order valence-electron chi connectivity index (χ4n) is 2.81. The maximum absolute atomic E-state index is 5.74. The third-order valence-electron chi connectivity index (χ3n) is 3.98. The number of para-hydroxylation sites is 1. The molecule has 0 amide bonds. The molecule has 1 aliphatic heterocycles. The van der Waals surface area contributed by atoms with Crippen molar-refractivity contribution in [3.8, 4) is 5.75 Å². The summed E-state index contributed by atoms with van der Waals surface area (Å²) in [5.41, 5.74) is 1.28. The van der Waals surface area contributed by atoms with Gasteiger partial charge in [-0.25, -0.2) is 9.98 Å². The number of benzene rings is 1. The van der Waals surface area contributed by atoms with Crippen LogP contribution in [0, 0.1) is 6.92 Å². The lowest BCUT2D eigenvalue weighted by molar-refractivity contribution is 0.267. The Morgan fingerprint density at radius 3 is 3.04 bits per heavy atom. The molecule has 128 valence electrons. The average molecular weight is 344 g/mol. The molecule has 0 radical (unpaired) electrons. The number of aliphatic imine (C=N–C) groups is 1. The zero-order valence-electron chi connectivity index (χ0n) is 14.2. The Labute approximate surface area is 147 Å². The molecule has 24 heavy (non-hydrogen) atoms. The predicted molar refractivity (Wildman–Crippen MR) is 99.0 cm³/mol. The number of aromatic nitrogens is 1. The second-order valence-electron chi connectivity index (χ2n) is 5.81. The van der Waals surface area contributed by atoms with Gasteiger partial charge in [0.1, 0.15) is 10.8 Å².